The highest BCUT2D eigenvalue weighted by Gasteiger charge is 2.33. The number of ether oxygens (including phenoxy) is 1. The zero-order valence-corrected chi connectivity index (χ0v) is 19.7. The van der Waals surface area contributed by atoms with E-state index in [9.17, 15) is 4.79 Å². The molecule has 1 saturated heterocycles. The molecular weight excluding hydrogens is 442 g/mol. The van der Waals surface area contributed by atoms with Crippen molar-refractivity contribution < 1.29 is 9.53 Å². The number of hydrogen-bond donors (Lipinski definition) is 0. The van der Waals surface area contributed by atoms with Crippen molar-refractivity contribution in [1.82, 2.24) is 0 Å². The van der Waals surface area contributed by atoms with E-state index in [-0.39, 0.29) is 5.91 Å². The Bertz CT molecular complexity index is 1120. The third-order valence-electron chi connectivity index (χ3n) is 4.63. The fourth-order valence-corrected chi connectivity index (χ4v) is 5.19. The van der Waals surface area contributed by atoms with Gasteiger partial charge in [-0.2, -0.15) is 0 Å². The first-order valence-electron chi connectivity index (χ1n) is 9.89. The van der Waals surface area contributed by atoms with E-state index in [0.29, 0.717) is 15.8 Å². The van der Waals surface area contributed by atoms with Crippen molar-refractivity contribution in [2.45, 2.75) is 23.6 Å². The van der Waals surface area contributed by atoms with Crippen LogP contribution in [0.5, 0.6) is 5.75 Å². The first kappa shape index (κ1) is 21.7. The Kier molecular flexibility index (Phi) is 6.80. The van der Waals surface area contributed by atoms with E-state index in [0.717, 1.165) is 21.9 Å². The van der Waals surface area contributed by atoms with Gasteiger partial charge in [0.25, 0.3) is 5.91 Å². The smallest absolute Gasteiger partial charge is 0.270 e. The van der Waals surface area contributed by atoms with Crippen LogP contribution in [0, 0.1) is 6.92 Å². The van der Waals surface area contributed by atoms with E-state index in [1.54, 1.807) is 16.7 Å². The van der Waals surface area contributed by atoms with Crippen molar-refractivity contribution in [1.29, 1.82) is 0 Å². The van der Waals surface area contributed by atoms with Crippen LogP contribution in [-0.2, 0) is 4.79 Å². The molecule has 0 spiro atoms. The maximum atomic E-state index is 13.0. The molecule has 0 aromatic heterocycles. The molecule has 6 heteroatoms. The van der Waals surface area contributed by atoms with Gasteiger partial charge >= 0.3 is 0 Å². The van der Waals surface area contributed by atoms with Crippen LogP contribution in [0.15, 0.2) is 87.5 Å². The molecule has 1 amide bonds. The highest BCUT2D eigenvalue weighted by atomic mass is 32.2. The SMILES string of the molecule is CCOc1ccc(N2C(=O)/C(=C/c3ccc(Sc4ccc(C)cc4)cc3)SC2=S)cc1. The lowest BCUT2D eigenvalue weighted by molar-refractivity contribution is -0.113. The lowest BCUT2D eigenvalue weighted by Crippen LogP contribution is -2.27. The minimum atomic E-state index is -0.0998. The number of thiocarbonyl (C=S) groups is 1. The fraction of sp³-hybridized carbons (Fsp3) is 0.120. The number of hydrogen-bond acceptors (Lipinski definition) is 5. The molecule has 31 heavy (non-hydrogen) atoms. The Labute approximate surface area is 196 Å². The zero-order chi connectivity index (χ0) is 21.8. The number of benzene rings is 3. The summed E-state index contributed by atoms with van der Waals surface area (Å²) in [5, 5.41) is 0. The number of carbonyl (C=O) groups excluding carboxylic acids is 1. The number of rotatable bonds is 6. The summed E-state index contributed by atoms with van der Waals surface area (Å²) in [7, 11) is 0. The number of aryl methyl sites for hydroxylation is 1. The predicted octanol–water partition coefficient (Wildman–Crippen LogP) is 6.95. The van der Waals surface area contributed by atoms with Crippen molar-refractivity contribution in [2.24, 2.45) is 0 Å². The molecule has 3 aromatic rings. The van der Waals surface area contributed by atoms with Gasteiger partial charge in [-0.25, -0.2) is 0 Å². The number of nitrogens with zero attached hydrogens (tertiary/aromatic N) is 1. The lowest BCUT2D eigenvalue weighted by atomic mass is 10.2. The van der Waals surface area contributed by atoms with Crippen LogP contribution < -0.4 is 9.64 Å². The molecular formula is C25H21NO2S3. The topological polar surface area (TPSA) is 29.5 Å². The van der Waals surface area contributed by atoms with Crippen molar-refractivity contribution in [3.63, 3.8) is 0 Å². The van der Waals surface area contributed by atoms with Crippen LogP contribution in [0.4, 0.5) is 5.69 Å². The summed E-state index contributed by atoms with van der Waals surface area (Å²) >= 11 is 8.52. The van der Waals surface area contributed by atoms with Gasteiger partial charge in [0.05, 0.1) is 17.2 Å². The second kappa shape index (κ2) is 9.73. The van der Waals surface area contributed by atoms with Crippen LogP contribution in [0.1, 0.15) is 18.1 Å². The second-order valence-corrected chi connectivity index (χ2v) is 9.75. The van der Waals surface area contributed by atoms with Gasteiger partial charge in [0.15, 0.2) is 4.32 Å². The van der Waals surface area contributed by atoms with Gasteiger partial charge in [0, 0.05) is 9.79 Å². The van der Waals surface area contributed by atoms with Gasteiger partial charge in [0.2, 0.25) is 0 Å². The third kappa shape index (κ3) is 5.21. The van der Waals surface area contributed by atoms with Crippen molar-refractivity contribution in [2.75, 3.05) is 11.5 Å². The summed E-state index contributed by atoms with van der Waals surface area (Å²) in [4.78, 5) is 17.5. The minimum absolute atomic E-state index is 0.0998. The molecule has 0 aliphatic carbocycles. The van der Waals surface area contributed by atoms with Gasteiger partial charge < -0.3 is 4.74 Å². The molecule has 0 saturated carbocycles. The Morgan fingerprint density at radius 1 is 0.968 bits per heavy atom. The summed E-state index contributed by atoms with van der Waals surface area (Å²) < 4.78 is 6.01. The maximum Gasteiger partial charge on any atom is 0.270 e. The molecule has 0 bridgehead atoms. The summed E-state index contributed by atoms with van der Waals surface area (Å²) in [6, 6.07) is 24.1. The van der Waals surface area contributed by atoms with Crippen molar-refractivity contribution in [3.8, 4) is 5.75 Å². The maximum absolute atomic E-state index is 13.0. The largest absolute Gasteiger partial charge is 0.494 e. The van der Waals surface area contributed by atoms with Crippen LogP contribution in [-0.4, -0.2) is 16.8 Å². The molecule has 4 rings (SSSR count). The van der Waals surface area contributed by atoms with E-state index in [4.69, 9.17) is 17.0 Å². The Balaban J connectivity index is 1.47. The molecule has 1 aliphatic rings. The van der Waals surface area contributed by atoms with E-state index < -0.39 is 0 Å². The zero-order valence-electron chi connectivity index (χ0n) is 17.2. The van der Waals surface area contributed by atoms with Crippen LogP contribution in [0.3, 0.4) is 0 Å². The lowest BCUT2D eigenvalue weighted by Gasteiger charge is -2.15. The van der Waals surface area contributed by atoms with Crippen LogP contribution in [0.25, 0.3) is 6.08 Å². The number of amides is 1. The first-order valence-corrected chi connectivity index (χ1v) is 11.9. The molecule has 1 aliphatic heterocycles. The highest BCUT2D eigenvalue weighted by Crippen LogP contribution is 2.37. The Hall–Kier alpha value is -2.54. The van der Waals surface area contributed by atoms with E-state index in [1.807, 2.05) is 49.4 Å². The molecule has 0 unspecified atom stereocenters. The molecule has 3 aromatic carbocycles. The summed E-state index contributed by atoms with van der Waals surface area (Å²) in [5.41, 5.74) is 2.97. The molecule has 3 nitrogen and oxygen atoms in total. The fourth-order valence-electron chi connectivity index (χ4n) is 3.07. The average molecular weight is 464 g/mol. The van der Waals surface area contributed by atoms with Crippen molar-refractivity contribution >= 4 is 57.7 Å². The van der Waals surface area contributed by atoms with E-state index >= 15 is 0 Å². The molecule has 0 radical (unpaired) electrons. The van der Waals surface area contributed by atoms with Crippen molar-refractivity contribution in [3.05, 3.63) is 88.8 Å². The molecule has 1 fully saturated rings. The molecule has 1 heterocycles. The summed E-state index contributed by atoms with van der Waals surface area (Å²) in [5.74, 6) is 0.674. The number of thioether (sulfide) groups is 1. The van der Waals surface area contributed by atoms with Gasteiger partial charge in [0.1, 0.15) is 5.75 Å². The minimum Gasteiger partial charge on any atom is -0.494 e. The predicted molar refractivity (Wildman–Crippen MR) is 135 cm³/mol. The van der Waals surface area contributed by atoms with Gasteiger partial charge in [-0.05, 0) is 74.0 Å². The second-order valence-electron chi connectivity index (χ2n) is 6.93. The molecule has 0 N–H and O–H groups in total. The quantitative estimate of drug-likeness (QED) is 0.291. The molecule has 0 atom stereocenters. The van der Waals surface area contributed by atoms with E-state index in [1.165, 1.54) is 22.2 Å². The monoisotopic (exact) mass is 463 g/mol. The third-order valence-corrected chi connectivity index (χ3v) is 6.95. The van der Waals surface area contributed by atoms with E-state index in [2.05, 4.69) is 43.3 Å². The Morgan fingerprint density at radius 2 is 1.58 bits per heavy atom. The number of carbonyl (C=O) groups is 1. The number of anilines is 1. The summed E-state index contributed by atoms with van der Waals surface area (Å²) in [6.07, 6.45) is 1.90. The average Bonchev–Trinajstić information content (AvgIpc) is 3.05. The van der Waals surface area contributed by atoms with Gasteiger partial charge in [-0.1, -0.05) is 65.6 Å². The Morgan fingerprint density at radius 3 is 2.19 bits per heavy atom. The van der Waals surface area contributed by atoms with Crippen LogP contribution >= 0.6 is 35.7 Å². The van der Waals surface area contributed by atoms with Gasteiger partial charge in [-0.15, -0.1) is 0 Å². The normalized spacial score (nSPS) is 15.0. The van der Waals surface area contributed by atoms with Gasteiger partial charge in [-0.3, -0.25) is 9.69 Å². The van der Waals surface area contributed by atoms with Crippen LogP contribution in [0.2, 0.25) is 0 Å². The molecule has 156 valence electrons. The summed E-state index contributed by atoms with van der Waals surface area (Å²) in [6.45, 7) is 4.63. The first-order chi connectivity index (χ1) is 15.0. The standard InChI is InChI=1S/C25H21NO2S3/c1-3-28-20-10-8-19(9-11-20)26-24(27)23(31-25(26)29)16-18-6-14-22(15-7-18)30-21-12-4-17(2)5-13-21/h4-16H,3H2,1-2H3/b23-16-. The highest BCUT2D eigenvalue weighted by molar-refractivity contribution is 8.27.